The lowest BCUT2D eigenvalue weighted by molar-refractivity contribution is -0.143. The molecule has 0 radical (unpaired) electrons. The molecule has 0 spiro atoms. The number of hydrogen-bond donors (Lipinski definition) is 2. The summed E-state index contributed by atoms with van der Waals surface area (Å²) in [6.45, 7) is 0.247. The van der Waals surface area contributed by atoms with Crippen molar-refractivity contribution in [3.63, 3.8) is 0 Å². The van der Waals surface area contributed by atoms with Crippen LogP contribution in [0.2, 0.25) is 0 Å². The fourth-order valence-electron chi connectivity index (χ4n) is 1.61. The molecule has 1 aliphatic heterocycles. The first kappa shape index (κ1) is 12.7. The first-order valence-electron chi connectivity index (χ1n) is 4.49. The number of piperidine rings is 1. The summed E-state index contributed by atoms with van der Waals surface area (Å²) in [5, 5.41) is 11.3. The Hall–Kier alpha value is -1.41. The molecule has 1 aliphatic rings. The lowest BCUT2D eigenvalue weighted by Crippen LogP contribution is -2.53. The second-order valence-corrected chi connectivity index (χ2v) is 4.17. The topological polar surface area (TPSA) is 110 Å². The lowest BCUT2D eigenvalue weighted by atomic mass is 9.92. The van der Waals surface area contributed by atoms with Gasteiger partial charge in [0.05, 0.1) is 17.9 Å². The zero-order valence-corrected chi connectivity index (χ0v) is 9.28. The van der Waals surface area contributed by atoms with Gasteiger partial charge in [-0.3, -0.25) is 9.59 Å². The van der Waals surface area contributed by atoms with Gasteiger partial charge in [-0.1, -0.05) is 0 Å². The van der Waals surface area contributed by atoms with Gasteiger partial charge < -0.3 is 15.2 Å². The Balaban J connectivity index is 3.17. The number of methoxy groups -OCH3 is 1. The third-order valence-corrected chi connectivity index (χ3v) is 3.24. The molecular weight excluding hydrogens is 238 g/mol. The minimum atomic E-state index is -2.73. The molecule has 0 amide bonds. The minimum Gasteiger partial charge on any atom is -0.480 e. The summed E-state index contributed by atoms with van der Waals surface area (Å²) in [5.74, 6) is -3.06. The lowest BCUT2D eigenvalue weighted by Gasteiger charge is -2.26. The van der Waals surface area contributed by atoms with E-state index in [0.717, 1.165) is 7.11 Å². The van der Waals surface area contributed by atoms with E-state index in [-0.39, 0.29) is 17.8 Å². The number of hydrogen-bond acceptors (Lipinski definition) is 6. The molecule has 0 aromatic rings. The van der Waals surface area contributed by atoms with Crippen molar-refractivity contribution in [2.24, 2.45) is 5.92 Å². The van der Waals surface area contributed by atoms with E-state index in [9.17, 15) is 18.0 Å². The molecule has 0 aliphatic carbocycles. The van der Waals surface area contributed by atoms with E-state index < -0.39 is 34.2 Å². The van der Waals surface area contributed by atoms with Crippen LogP contribution < -0.4 is 5.32 Å². The number of carboxylic acid groups (broad SMARTS) is 1. The highest BCUT2D eigenvalue weighted by Crippen LogP contribution is 2.15. The van der Waals surface area contributed by atoms with Gasteiger partial charge in [-0.2, -0.15) is 8.42 Å². The van der Waals surface area contributed by atoms with Crippen molar-refractivity contribution in [1.29, 1.82) is 0 Å². The number of rotatable bonds is 2. The summed E-state index contributed by atoms with van der Waals surface area (Å²) in [6.07, 6.45) is 0.208. The van der Waals surface area contributed by atoms with Gasteiger partial charge in [0, 0.05) is 0 Å². The molecule has 7 nitrogen and oxygen atoms in total. The van der Waals surface area contributed by atoms with Gasteiger partial charge >= 0.3 is 11.9 Å². The smallest absolute Gasteiger partial charge is 0.326 e. The molecule has 2 N–H and O–H groups in total. The van der Waals surface area contributed by atoms with Gasteiger partial charge in [0.2, 0.25) is 10.3 Å². The first-order chi connectivity index (χ1) is 7.49. The molecule has 1 saturated heterocycles. The van der Waals surface area contributed by atoms with Crippen LogP contribution in [0.5, 0.6) is 0 Å². The maximum atomic E-state index is 11.3. The van der Waals surface area contributed by atoms with Crippen molar-refractivity contribution in [3.05, 3.63) is 0 Å². The SMILES string of the molecule is COC(=O)C1CCNC(C(=O)O)C1=S(=O)=O. The summed E-state index contributed by atoms with van der Waals surface area (Å²) in [7, 11) is -1.60. The highest BCUT2D eigenvalue weighted by atomic mass is 32.2. The van der Waals surface area contributed by atoms with Crippen LogP contribution in [0.25, 0.3) is 0 Å². The Labute approximate surface area is 92.9 Å². The van der Waals surface area contributed by atoms with E-state index in [4.69, 9.17) is 5.11 Å². The van der Waals surface area contributed by atoms with Crippen molar-refractivity contribution < 1.29 is 27.9 Å². The molecule has 0 aromatic carbocycles. The highest BCUT2D eigenvalue weighted by molar-refractivity contribution is 7.73. The summed E-state index contributed by atoms with van der Waals surface area (Å²) >= 11 is 0. The highest BCUT2D eigenvalue weighted by Gasteiger charge is 2.39. The van der Waals surface area contributed by atoms with E-state index in [1.807, 2.05) is 0 Å². The van der Waals surface area contributed by atoms with Crippen LogP contribution in [0.15, 0.2) is 0 Å². The zero-order valence-electron chi connectivity index (χ0n) is 8.47. The normalized spacial score (nSPS) is 24.9. The molecule has 1 rings (SSSR count). The van der Waals surface area contributed by atoms with Gasteiger partial charge in [0.1, 0.15) is 6.04 Å². The Morgan fingerprint density at radius 1 is 1.50 bits per heavy atom. The molecule has 8 heteroatoms. The van der Waals surface area contributed by atoms with Crippen LogP contribution in [0.1, 0.15) is 6.42 Å². The predicted octanol–water partition coefficient (Wildman–Crippen LogP) is -1.73. The molecule has 0 aromatic heterocycles. The number of esters is 1. The van der Waals surface area contributed by atoms with Gasteiger partial charge in [-0.25, -0.2) is 0 Å². The Bertz CT molecular complexity index is 431. The summed E-state index contributed by atoms with van der Waals surface area (Å²) in [6, 6.07) is -1.35. The number of nitrogens with one attached hydrogen (secondary N) is 1. The van der Waals surface area contributed by atoms with E-state index in [1.165, 1.54) is 0 Å². The summed E-state index contributed by atoms with van der Waals surface area (Å²) < 4.78 is 26.3. The van der Waals surface area contributed by atoms with Crippen molar-refractivity contribution >= 4 is 27.1 Å². The molecule has 1 fully saturated rings. The molecule has 16 heavy (non-hydrogen) atoms. The molecule has 90 valence electrons. The fraction of sp³-hybridized carbons (Fsp3) is 0.625. The van der Waals surface area contributed by atoms with Gasteiger partial charge in [-0.05, 0) is 13.0 Å². The maximum Gasteiger partial charge on any atom is 0.326 e. The second-order valence-electron chi connectivity index (χ2n) is 3.23. The van der Waals surface area contributed by atoms with E-state index in [2.05, 4.69) is 10.1 Å². The number of carboxylic acids is 1. The monoisotopic (exact) mass is 249 g/mol. The van der Waals surface area contributed by atoms with Crippen LogP contribution in [-0.4, -0.2) is 50.0 Å². The average molecular weight is 249 g/mol. The number of ether oxygens (including phenoxy) is 1. The largest absolute Gasteiger partial charge is 0.480 e. The van der Waals surface area contributed by atoms with Crippen molar-refractivity contribution in [1.82, 2.24) is 5.32 Å². The van der Waals surface area contributed by atoms with Crippen LogP contribution in [0, 0.1) is 5.92 Å². The van der Waals surface area contributed by atoms with Crippen LogP contribution in [-0.2, 0) is 24.6 Å². The van der Waals surface area contributed by atoms with Gasteiger partial charge in [0.15, 0.2) is 0 Å². The van der Waals surface area contributed by atoms with E-state index in [1.54, 1.807) is 0 Å². The standard InChI is InChI=1S/C8H11NO6S/c1-15-8(12)4-2-3-9-5(7(10)11)6(4)16(13)14/h4-5,9H,2-3H2,1H3,(H,10,11). The predicted molar refractivity (Wildman–Crippen MR) is 53.5 cm³/mol. The second kappa shape index (κ2) is 5.08. The summed E-state index contributed by atoms with van der Waals surface area (Å²) in [5.41, 5.74) is 0. The first-order valence-corrected chi connectivity index (χ1v) is 5.56. The van der Waals surface area contributed by atoms with Crippen molar-refractivity contribution in [2.45, 2.75) is 12.5 Å². The Morgan fingerprint density at radius 2 is 2.12 bits per heavy atom. The van der Waals surface area contributed by atoms with Crippen molar-refractivity contribution in [3.8, 4) is 0 Å². The maximum absolute atomic E-state index is 11.3. The number of carbonyl (C=O) groups excluding carboxylic acids is 1. The van der Waals surface area contributed by atoms with Crippen LogP contribution >= 0.6 is 0 Å². The molecule has 2 unspecified atom stereocenters. The van der Waals surface area contributed by atoms with Gasteiger partial charge in [-0.15, -0.1) is 0 Å². The molecule has 0 bridgehead atoms. The third kappa shape index (κ3) is 2.39. The van der Waals surface area contributed by atoms with Crippen molar-refractivity contribution in [2.75, 3.05) is 13.7 Å². The van der Waals surface area contributed by atoms with Crippen LogP contribution in [0.4, 0.5) is 0 Å². The Morgan fingerprint density at radius 3 is 2.56 bits per heavy atom. The molecule has 0 saturated carbocycles. The van der Waals surface area contributed by atoms with E-state index >= 15 is 0 Å². The Kier molecular flexibility index (Phi) is 4.02. The van der Waals surface area contributed by atoms with E-state index in [0.29, 0.717) is 0 Å². The molecule has 2 atom stereocenters. The fourth-order valence-corrected chi connectivity index (χ4v) is 2.44. The quantitative estimate of drug-likeness (QED) is 0.442. The van der Waals surface area contributed by atoms with Crippen LogP contribution in [0.3, 0.4) is 0 Å². The zero-order chi connectivity index (χ0) is 12.3. The molecular formula is C8H11NO6S. The number of aliphatic carboxylic acids is 1. The number of carbonyl (C=O) groups is 2. The summed E-state index contributed by atoms with van der Waals surface area (Å²) in [4.78, 5) is 21.8. The molecule has 1 heterocycles. The minimum absolute atomic E-state index is 0.208. The third-order valence-electron chi connectivity index (χ3n) is 2.33. The average Bonchev–Trinajstić information content (AvgIpc) is 2.26. The van der Waals surface area contributed by atoms with Gasteiger partial charge in [0.25, 0.3) is 0 Å².